The number of benzene rings is 4. The fourth-order valence-corrected chi connectivity index (χ4v) is 5.94. The molecule has 0 amide bonds. The van der Waals surface area contributed by atoms with Crippen molar-refractivity contribution in [1.29, 1.82) is 0 Å². The minimum atomic E-state index is -5.19. The highest BCUT2D eigenvalue weighted by Crippen LogP contribution is 2.27. The van der Waals surface area contributed by atoms with Gasteiger partial charge in [-0.15, -0.1) is 0 Å². The quantitative estimate of drug-likeness (QED) is 0.142. The van der Waals surface area contributed by atoms with Crippen LogP contribution in [0, 0.1) is 0 Å². The number of carboxylic acids is 2. The maximum Gasteiger partial charge on any atom is 0.430 e. The van der Waals surface area contributed by atoms with Crippen molar-refractivity contribution in [2.75, 3.05) is 10.6 Å². The van der Waals surface area contributed by atoms with E-state index in [1.54, 1.807) is 0 Å². The Labute approximate surface area is 313 Å². The van der Waals surface area contributed by atoms with Crippen molar-refractivity contribution in [3.8, 4) is 0 Å². The molecule has 280 valence electrons. The highest BCUT2D eigenvalue weighted by Gasteiger charge is 2.29. The Morgan fingerprint density at radius 1 is 0.556 bits per heavy atom. The molecule has 54 heavy (non-hydrogen) atoms. The summed E-state index contributed by atoms with van der Waals surface area (Å²) in [5.74, 6) is -6.01. The molecule has 0 atom stereocenters. The summed E-state index contributed by atoms with van der Waals surface area (Å²) in [6.45, 7) is 2.97. The van der Waals surface area contributed by atoms with Crippen molar-refractivity contribution < 1.29 is 55.3 Å². The molecule has 10 rings (SSSR count). The van der Waals surface area contributed by atoms with Crippen molar-refractivity contribution >= 4 is 68.3 Å². The molecule has 0 unspecified atom stereocenters. The van der Waals surface area contributed by atoms with E-state index in [9.17, 15) is 26.3 Å². The van der Waals surface area contributed by atoms with E-state index in [4.69, 9.17) is 43.0 Å². The van der Waals surface area contributed by atoms with Crippen molar-refractivity contribution in [3.05, 3.63) is 142 Å². The first-order valence-electron chi connectivity index (χ1n) is 15.9. The molecular weight excluding hydrogens is 761 g/mol. The number of halogens is 8. The summed E-state index contributed by atoms with van der Waals surface area (Å²) in [7, 11) is 0. The summed E-state index contributed by atoms with van der Waals surface area (Å²) in [6.07, 6.45) is -6.07. The molecule has 4 aliphatic heterocycles. The van der Waals surface area contributed by atoms with Crippen LogP contribution in [0.2, 0.25) is 10.0 Å². The molecule has 0 saturated heterocycles. The summed E-state index contributed by atoms with van der Waals surface area (Å²) < 4.78 is 67.7. The van der Waals surface area contributed by atoms with Crippen LogP contribution in [0.4, 0.5) is 37.7 Å². The van der Waals surface area contributed by atoms with Gasteiger partial charge in [0.2, 0.25) is 11.0 Å². The van der Waals surface area contributed by atoms with Crippen LogP contribution in [0.25, 0.3) is 21.8 Å². The fourth-order valence-electron chi connectivity index (χ4n) is 5.59. The molecule has 8 bridgehead atoms. The Kier molecular flexibility index (Phi) is 12.2. The van der Waals surface area contributed by atoms with E-state index in [1.807, 2.05) is 24.3 Å². The lowest BCUT2D eigenvalue weighted by Crippen LogP contribution is -2.37. The summed E-state index contributed by atoms with van der Waals surface area (Å²) in [6, 6.07) is 34.1. The number of nitrogens with zero attached hydrogens (tertiary/aromatic N) is 2. The Bertz CT molecular complexity index is 2160. The third-order valence-corrected chi connectivity index (χ3v) is 8.58. The number of carbonyl (C=O) groups is 2. The molecule has 0 spiro atoms. The number of anilines is 2. The number of pyridine rings is 2. The molecule has 0 aliphatic carbocycles. The summed E-state index contributed by atoms with van der Waals surface area (Å²) in [5, 5.41) is 28.5. The van der Waals surface area contributed by atoms with Crippen LogP contribution in [0.1, 0.15) is 22.3 Å². The van der Waals surface area contributed by atoms with Gasteiger partial charge in [-0.05, 0) is 41.5 Å². The SMILES string of the molecule is Clc1ccc2c(c1)c1cc[n+]2Cc2cccc(c2)C[n+]2ccc(c3cc(Cl)ccc32)NCc2ccc(cc2)CN1.O=C([O-])C(F)(F)F.O=C([O-])C(F)(F)F. The van der Waals surface area contributed by atoms with Gasteiger partial charge >= 0.3 is 12.4 Å². The lowest BCUT2D eigenvalue weighted by molar-refractivity contribution is -0.663. The second-order valence-electron chi connectivity index (χ2n) is 12.0. The second kappa shape index (κ2) is 16.6. The molecule has 6 aromatic rings. The largest absolute Gasteiger partial charge is 0.542 e. The number of fused-ring (bicyclic) bond motifs is 1. The van der Waals surface area contributed by atoms with Gasteiger partial charge in [-0.1, -0.05) is 65.7 Å². The van der Waals surface area contributed by atoms with E-state index in [0.29, 0.717) is 0 Å². The number of hydrogen-bond donors (Lipinski definition) is 2. The van der Waals surface area contributed by atoms with Crippen molar-refractivity contribution in [3.63, 3.8) is 0 Å². The molecule has 0 fully saturated rings. The van der Waals surface area contributed by atoms with Crippen LogP contribution in [-0.4, -0.2) is 24.3 Å². The zero-order chi connectivity index (χ0) is 39.2. The molecule has 2 aromatic heterocycles. The van der Waals surface area contributed by atoms with Gasteiger partial charge in [0.05, 0.1) is 22.1 Å². The maximum atomic E-state index is 10.5. The number of hydrogen-bond acceptors (Lipinski definition) is 6. The molecule has 8 nitrogen and oxygen atoms in total. The third-order valence-electron chi connectivity index (χ3n) is 8.11. The lowest BCUT2D eigenvalue weighted by Gasteiger charge is -2.12. The molecular formula is C38H28Cl2F6N4O4. The Hall–Kier alpha value is -5.60. The van der Waals surface area contributed by atoms with Crippen LogP contribution in [0.5, 0.6) is 0 Å². The number of aliphatic carboxylic acids is 2. The molecule has 4 aromatic carbocycles. The first-order valence-corrected chi connectivity index (χ1v) is 16.7. The third kappa shape index (κ3) is 10.3. The highest BCUT2D eigenvalue weighted by atomic mass is 35.5. The zero-order valence-corrected chi connectivity index (χ0v) is 29.3. The predicted octanol–water partition coefficient (Wildman–Crippen LogP) is 6.11. The smallest absolute Gasteiger partial charge is 0.430 e. The lowest BCUT2D eigenvalue weighted by atomic mass is 10.1. The Morgan fingerprint density at radius 3 is 1.28 bits per heavy atom. The van der Waals surface area contributed by atoms with Gasteiger partial charge in [0.15, 0.2) is 25.5 Å². The number of rotatable bonds is 0. The van der Waals surface area contributed by atoms with Crippen molar-refractivity contribution in [2.24, 2.45) is 0 Å². The van der Waals surface area contributed by atoms with Crippen LogP contribution < -0.4 is 30.0 Å². The summed E-state index contributed by atoms with van der Waals surface area (Å²) >= 11 is 12.9. The summed E-state index contributed by atoms with van der Waals surface area (Å²) in [5.41, 5.74) is 9.35. The standard InChI is InChI=1S/C34H26Cl2N4.2C2HF3O2/c35-27-8-10-33-29(17-27)31-12-14-39(33)21-25-2-1-3-26(16-25)22-40-15-13-32(30-18-28(36)9-11-34(30)40)38-20-24-6-4-23(5-7-24)19-37-31;2*3-2(4,5)1(6)7/h1-18H,19-22H2;2*(H,6,7). The van der Waals surface area contributed by atoms with Gasteiger partial charge < -0.3 is 30.4 Å². The highest BCUT2D eigenvalue weighted by molar-refractivity contribution is 6.31. The van der Waals surface area contributed by atoms with Crippen LogP contribution in [-0.2, 0) is 35.8 Å². The van der Waals surface area contributed by atoms with Gasteiger partial charge in [0.25, 0.3) is 0 Å². The Morgan fingerprint density at radius 2 is 0.926 bits per heavy atom. The minimum absolute atomic E-state index is 0.725. The van der Waals surface area contributed by atoms with E-state index in [1.165, 1.54) is 22.3 Å². The normalized spacial score (nSPS) is 12.7. The van der Waals surface area contributed by atoms with Gasteiger partial charge in [-0.25, -0.2) is 0 Å². The molecule has 6 heterocycles. The molecule has 0 saturated carbocycles. The van der Waals surface area contributed by atoms with Crippen LogP contribution in [0.15, 0.2) is 109 Å². The molecule has 2 N–H and O–H groups in total. The van der Waals surface area contributed by atoms with Crippen molar-refractivity contribution in [1.82, 2.24) is 0 Å². The number of nitrogens with one attached hydrogen (secondary N) is 2. The van der Waals surface area contributed by atoms with Gasteiger partial charge in [0, 0.05) is 58.5 Å². The predicted molar refractivity (Wildman–Crippen MR) is 186 cm³/mol. The first kappa shape index (κ1) is 39.6. The van der Waals surface area contributed by atoms with Gasteiger partial charge in [-0.3, -0.25) is 0 Å². The molecule has 0 radical (unpaired) electrons. The van der Waals surface area contributed by atoms with E-state index < -0.39 is 24.3 Å². The fraction of sp³-hybridized carbons (Fsp3) is 0.158. The molecule has 4 aliphatic rings. The monoisotopic (exact) mass is 788 g/mol. The van der Waals surface area contributed by atoms with Crippen LogP contribution >= 0.6 is 23.2 Å². The maximum absolute atomic E-state index is 10.5. The minimum Gasteiger partial charge on any atom is -0.542 e. The number of aromatic nitrogens is 2. The zero-order valence-electron chi connectivity index (χ0n) is 27.8. The Balaban J connectivity index is 0.000000342. The van der Waals surface area contributed by atoms with E-state index >= 15 is 0 Å². The molecule has 16 heteroatoms. The van der Waals surface area contributed by atoms with E-state index in [2.05, 4.69) is 105 Å². The number of alkyl halides is 6. The second-order valence-corrected chi connectivity index (χ2v) is 12.8. The van der Waals surface area contributed by atoms with Crippen molar-refractivity contribution in [2.45, 2.75) is 38.5 Å². The number of carboxylic acid groups (broad SMARTS) is 2. The van der Waals surface area contributed by atoms with E-state index in [-0.39, 0.29) is 0 Å². The summed E-state index contributed by atoms with van der Waals surface area (Å²) in [4.78, 5) is 17.6. The first-order chi connectivity index (χ1) is 25.5. The van der Waals surface area contributed by atoms with Gasteiger partial charge in [-0.2, -0.15) is 35.5 Å². The van der Waals surface area contributed by atoms with Crippen LogP contribution in [0.3, 0.4) is 0 Å². The average Bonchev–Trinajstić information content (AvgIpc) is 3.11. The van der Waals surface area contributed by atoms with Gasteiger partial charge in [0.1, 0.15) is 11.9 Å². The average molecular weight is 790 g/mol. The number of carbonyl (C=O) groups excluding carboxylic acids is 2. The van der Waals surface area contributed by atoms with E-state index in [0.717, 1.165) is 69.4 Å². The topological polar surface area (TPSA) is 112 Å².